The summed E-state index contributed by atoms with van der Waals surface area (Å²) < 4.78 is 23.2. The SMILES string of the molecule is CCOc1cc(/C=C2\SC(=O)N(Cc3cc4c(cc3Cl)OCO4)C2=O)cc(I)c1OCc1ccc([N+](=O)[O-])cc1. The highest BCUT2D eigenvalue weighted by Gasteiger charge is 2.36. The van der Waals surface area contributed by atoms with Crippen molar-refractivity contribution in [3.63, 3.8) is 0 Å². The quantitative estimate of drug-likeness (QED) is 0.103. The van der Waals surface area contributed by atoms with Crippen LogP contribution in [0.1, 0.15) is 23.6 Å². The first-order valence-electron chi connectivity index (χ1n) is 11.9. The zero-order valence-electron chi connectivity index (χ0n) is 20.8. The number of thioether (sulfide) groups is 1. The van der Waals surface area contributed by atoms with Crippen LogP contribution >= 0.6 is 46.0 Å². The number of hydrogen-bond acceptors (Lipinski definition) is 9. The molecule has 0 unspecified atom stereocenters. The van der Waals surface area contributed by atoms with Gasteiger partial charge in [0.2, 0.25) is 6.79 Å². The number of imide groups is 1. The van der Waals surface area contributed by atoms with Crippen molar-refractivity contribution in [2.75, 3.05) is 13.4 Å². The van der Waals surface area contributed by atoms with E-state index in [0.29, 0.717) is 45.8 Å². The van der Waals surface area contributed by atoms with Crippen molar-refractivity contribution < 1.29 is 33.5 Å². The Morgan fingerprint density at radius 2 is 1.85 bits per heavy atom. The number of nitro benzene ring substituents is 1. The van der Waals surface area contributed by atoms with Crippen molar-refractivity contribution in [3.05, 3.63) is 88.8 Å². The molecule has 13 heteroatoms. The largest absolute Gasteiger partial charge is 0.490 e. The van der Waals surface area contributed by atoms with Gasteiger partial charge in [-0.2, -0.15) is 0 Å². The molecule has 0 saturated carbocycles. The number of ether oxygens (including phenoxy) is 4. The maximum Gasteiger partial charge on any atom is 0.293 e. The first-order chi connectivity index (χ1) is 19.2. The summed E-state index contributed by atoms with van der Waals surface area (Å²) in [6.45, 7) is 2.47. The number of amides is 2. The van der Waals surface area contributed by atoms with Gasteiger partial charge in [0.05, 0.1) is 26.6 Å². The third-order valence-electron chi connectivity index (χ3n) is 5.90. The lowest BCUT2D eigenvalue weighted by molar-refractivity contribution is -0.384. The Morgan fingerprint density at radius 1 is 1.12 bits per heavy atom. The molecule has 1 fully saturated rings. The fourth-order valence-electron chi connectivity index (χ4n) is 3.98. The van der Waals surface area contributed by atoms with E-state index in [-0.39, 0.29) is 30.5 Å². The third kappa shape index (κ3) is 5.98. The van der Waals surface area contributed by atoms with Crippen LogP contribution in [0.3, 0.4) is 0 Å². The van der Waals surface area contributed by atoms with E-state index in [2.05, 4.69) is 22.6 Å². The molecule has 2 heterocycles. The Labute approximate surface area is 251 Å². The van der Waals surface area contributed by atoms with Crippen LogP contribution < -0.4 is 18.9 Å². The summed E-state index contributed by atoms with van der Waals surface area (Å²) in [6.07, 6.45) is 1.64. The van der Waals surface area contributed by atoms with Crippen molar-refractivity contribution in [2.24, 2.45) is 0 Å². The van der Waals surface area contributed by atoms with Crippen LogP contribution in [-0.2, 0) is 17.9 Å². The summed E-state index contributed by atoms with van der Waals surface area (Å²) in [7, 11) is 0. The highest BCUT2D eigenvalue weighted by atomic mass is 127. The van der Waals surface area contributed by atoms with Crippen LogP contribution in [0.2, 0.25) is 5.02 Å². The Morgan fingerprint density at radius 3 is 2.55 bits per heavy atom. The molecule has 5 rings (SSSR count). The van der Waals surface area contributed by atoms with E-state index in [1.54, 1.807) is 36.4 Å². The van der Waals surface area contributed by atoms with Gasteiger partial charge < -0.3 is 18.9 Å². The van der Waals surface area contributed by atoms with Crippen LogP contribution in [0.15, 0.2) is 53.4 Å². The monoisotopic (exact) mass is 694 g/mol. The lowest BCUT2D eigenvalue weighted by Gasteiger charge is -2.15. The number of halogens is 2. The van der Waals surface area contributed by atoms with Crippen molar-refractivity contribution in [2.45, 2.75) is 20.1 Å². The maximum absolute atomic E-state index is 13.2. The molecule has 0 bridgehead atoms. The highest BCUT2D eigenvalue weighted by molar-refractivity contribution is 14.1. The number of non-ortho nitro benzene ring substituents is 1. The van der Waals surface area contributed by atoms with E-state index in [1.807, 2.05) is 13.0 Å². The molecule has 0 atom stereocenters. The van der Waals surface area contributed by atoms with E-state index in [9.17, 15) is 19.7 Å². The molecule has 2 aliphatic heterocycles. The molecule has 40 heavy (non-hydrogen) atoms. The molecule has 0 aliphatic carbocycles. The number of nitrogens with zero attached hydrogens (tertiary/aromatic N) is 2. The van der Waals surface area contributed by atoms with Gasteiger partial charge in [-0.3, -0.25) is 24.6 Å². The maximum atomic E-state index is 13.2. The molecule has 0 radical (unpaired) electrons. The van der Waals surface area contributed by atoms with Crippen LogP contribution in [0.4, 0.5) is 10.5 Å². The average Bonchev–Trinajstić information content (AvgIpc) is 3.47. The number of rotatable bonds is 9. The molecule has 0 spiro atoms. The van der Waals surface area contributed by atoms with Gasteiger partial charge in [-0.05, 0) is 94.4 Å². The summed E-state index contributed by atoms with van der Waals surface area (Å²) in [6, 6.07) is 12.9. The van der Waals surface area contributed by atoms with Gasteiger partial charge in [-0.25, -0.2) is 0 Å². The minimum absolute atomic E-state index is 0.00101. The van der Waals surface area contributed by atoms with Crippen LogP contribution in [-0.4, -0.2) is 34.4 Å². The van der Waals surface area contributed by atoms with E-state index < -0.39 is 16.1 Å². The van der Waals surface area contributed by atoms with E-state index in [0.717, 1.165) is 25.8 Å². The molecule has 0 aromatic heterocycles. The van der Waals surface area contributed by atoms with E-state index >= 15 is 0 Å². The second-order valence-electron chi connectivity index (χ2n) is 8.54. The van der Waals surface area contributed by atoms with Gasteiger partial charge in [-0.1, -0.05) is 11.6 Å². The van der Waals surface area contributed by atoms with Crippen LogP contribution in [0.5, 0.6) is 23.0 Å². The topological polar surface area (TPSA) is 117 Å². The summed E-state index contributed by atoms with van der Waals surface area (Å²) in [4.78, 5) is 37.8. The average molecular weight is 695 g/mol. The second kappa shape index (κ2) is 11.9. The second-order valence-corrected chi connectivity index (χ2v) is 11.1. The van der Waals surface area contributed by atoms with Gasteiger partial charge in [0.1, 0.15) is 6.61 Å². The third-order valence-corrected chi connectivity index (χ3v) is 7.96. The molecule has 2 aliphatic rings. The van der Waals surface area contributed by atoms with Crippen LogP contribution in [0.25, 0.3) is 6.08 Å². The zero-order valence-corrected chi connectivity index (χ0v) is 24.6. The lowest BCUT2D eigenvalue weighted by Crippen LogP contribution is -2.27. The van der Waals surface area contributed by atoms with E-state index in [4.69, 9.17) is 30.5 Å². The first-order valence-corrected chi connectivity index (χ1v) is 14.2. The minimum atomic E-state index is -0.458. The van der Waals surface area contributed by atoms with Gasteiger partial charge in [0.25, 0.3) is 16.8 Å². The Kier molecular flexibility index (Phi) is 8.38. The molecule has 1 saturated heterocycles. The number of nitro groups is 1. The standard InChI is InChI=1S/C27H20ClIN2O8S/c1-2-36-23-8-16(7-20(29)25(23)37-13-15-3-5-18(6-4-15)31(34)35)9-24-26(32)30(27(33)40-24)12-17-10-21-22(11-19(17)28)39-14-38-21/h3-11H,2,12-14H2,1H3/b24-9-. The molecule has 0 N–H and O–H groups in total. The lowest BCUT2D eigenvalue weighted by atomic mass is 10.1. The fraction of sp³-hybridized carbons (Fsp3) is 0.185. The first kappa shape index (κ1) is 28.1. The number of fused-ring (bicyclic) bond motifs is 1. The Balaban J connectivity index is 1.34. The van der Waals surface area contributed by atoms with Gasteiger partial charge in [0, 0.05) is 23.2 Å². The van der Waals surface area contributed by atoms with Crippen LogP contribution in [0, 0.1) is 13.7 Å². The summed E-state index contributed by atoms with van der Waals surface area (Å²) in [5.74, 6) is 1.56. The fourth-order valence-corrected chi connectivity index (χ4v) is 5.81. The predicted octanol–water partition coefficient (Wildman–Crippen LogP) is 6.80. The summed E-state index contributed by atoms with van der Waals surface area (Å²) in [5, 5.41) is 10.9. The molecular weight excluding hydrogens is 675 g/mol. The Hall–Kier alpha value is -3.49. The zero-order chi connectivity index (χ0) is 28.4. The molecule has 2 amide bonds. The van der Waals surface area contributed by atoms with Crippen molar-refractivity contribution in [3.8, 4) is 23.0 Å². The van der Waals surface area contributed by atoms with Gasteiger partial charge in [0.15, 0.2) is 23.0 Å². The van der Waals surface area contributed by atoms with Crippen molar-refractivity contribution >= 4 is 68.9 Å². The smallest absolute Gasteiger partial charge is 0.293 e. The molecular formula is C27H20ClIN2O8S. The molecule has 206 valence electrons. The number of benzene rings is 3. The predicted molar refractivity (Wildman–Crippen MR) is 157 cm³/mol. The summed E-state index contributed by atoms with van der Waals surface area (Å²) in [5.41, 5.74) is 1.98. The number of carbonyl (C=O) groups is 2. The number of carbonyl (C=O) groups excluding carboxylic acids is 2. The minimum Gasteiger partial charge on any atom is -0.490 e. The van der Waals surface area contributed by atoms with Crippen molar-refractivity contribution in [1.29, 1.82) is 0 Å². The normalized spacial score (nSPS) is 15.2. The van der Waals surface area contributed by atoms with Crippen molar-refractivity contribution in [1.82, 2.24) is 4.90 Å². The highest BCUT2D eigenvalue weighted by Crippen LogP contribution is 2.41. The van der Waals surface area contributed by atoms with Gasteiger partial charge in [-0.15, -0.1) is 0 Å². The molecule has 3 aromatic carbocycles. The summed E-state index contributed by atoms with van der Waals surface area (Å²) >= 11 is 9.31. The van der Waals surface area contributed by atoms with E-state index in [1.165, 1.54) is 12.1 Å². The van der Waals surface area contributed by atoms with Gasteiger partial charge >= 0.3 is 0 Å². The molecule has 10 nitrogen and oxygen atoms in total. The number of hydrogen-bond donors (Lipinski definition) is 0. The molecule has 3 aromatic rings. The Bertz CT molecular complexity index is 1550.